The normalized spacial score (nSPS) is 15.9. The van der Waals surface area contributed by atoms with Crippen LogP contribution in [0.3, 0.4) is 0 Å². The standard InChI is InChI=1S/C15H20ClN3O2/c1-10(12-8-17-9-12)14(20)18-6-7-19-15(21)11-2-4-13(16)5-3-11/h2-5,10,12,17H,6-9H2,1H3,(H,18,20)(H,19,21). The maximum atomic E-state index is 11.9. The van der Waals surface area contributed by atoms with Crippen LogP contribution in [0.2, 0.25) is 5.02 Å². The van der Waals surface area contributed by atoms with E-state index in [4.69, 9.17) is 11.6 Å². The van der Waals surface area contributed by atoms with Gasteiger partial charge in [-0.2, -0.15) is 0 Å². The van der Waals surface area contributed by atoms with Crippen LogP contribution in [0.5, 0.6) is 0 Å². The van der Waals surface area contributed by atoms with E-state index in [1.54, 1.807) is 24.3 Å². The summed E-state index contributed by atoms with van der Waals surface area (Å²) in [5.74, 6) is 0.311. The number of rotatable bonds is 6. The van der Waals surface area contributed by atoms with Crippen LogP contribution < -0.4 is 16.0 Å². The molecule has 0 aromatic heterocycles. The summed E-state index contributed by atoms with van der Waals surface area (Å²) in [4.78, 5) is 23.7. The molecule has 1 heterocycles. The number of hydrogen-bond acceptors (Lipinski definition) is 3. The Morgan fingerprint density at radius 3 is 2.43 bits per heavy atom. The van der Waals surface area contributed by atoms with Crippen molar-refractivity contribution in [2.45, 2.75) is 6.92 Å². The number of halogens is 1. The van der Waals surface area contributed by atoms with Crippen LogP contribution >= 0.6 is 11.6 Å². The minimum Gasteiger partial charge on any atom is -0.354 e. The van der Waals surface area contributed by atoms with E-state index in [2.05, 4.69) is 16.0 Å². The molecule has 3 N–H and O–H groups in total. The number of carbonyl (C=O) groups is 2. The Kier molecular flexibility index (Phi) is 5.59. The van der Waals surface area contributed by atoms with Gasteiger partial charge < -0.3 is 16.0 Å². The molecule has 1 aliphatic heterocycles. The van der Waals surface area contributed by atoms with Crippen LogP contribution in [0, 0.1) is 11.8 Å². The van der Waals surface area contributed by atoms with E-state index in [-0.39, 0.29) is 17.7 Å². The van der Waals surface area contributed by atoms with E-state index in [1.807, 2.05) is 6.92 Å². The molecule has 1 aromatic carbocycles. The van der Waals surface area contributed by atoms with Crippen LogP contribution in [-0.4, -0.2) is 38.0 Å². The zero-order valence-corrected chi connectivity index (χ0v) is 12.7. The van der Waals surface area contributed by atoms with E-state index in [1.165, 1.54) is 0 Å². The molecule has 2 amide bonds. The minimum absolute atomic E-state index is 0.0122. The highest BCUT2D eigenvalue weighted by molar-refractivity contribution is 6.30. The molecule has 1 aromatic rings. The van der Waals surface area contributed by atoms with E-state index in [0.717, 1.165) is 13.1 Å². The Balaban J connectivity index is 1.66. The second-order valence-corrected chi connectivity index (χ2v) is 5.70. The molecular weight excluding hydrogens is 290 g/mol. The molecule has 114 valence electrons. The van der Waals surface area contributed by atoms with Crippen molar-refractivity contribution in [3.05, 3.63) is 34.9 Å². The zero-order valence-electron chi connectivity index (χ0n) is 12.0. The molecule has 0 saturated carbocycles. The van der Waals surface area contributed by atoms with E-state index < -0.39 is 0 Å². The Morgan fingerprint density at radius 1 is 1.24 bits per heavy atom. The summed E-state index contributed by atoms with van der Waals surface area (Å²) in [7, 11) is 0. The van der Waals surface area contributed by atoms with Gasteiger partial charge in [-0.1, -0.05) is 18.5 Å². The SMILES string of the molecule is CC(C(=O)NCCNC(=O)c1ccc(Cl)cc1)C1CNC1. The Hall–Kier alpha value is -1.59. The highest BCUT2D eigenvalue weighted by atomic mass is 35.5. The van der Waals surface area contributed by atoms with Gasteiger partial charge in [-0.05, 0) is 43.3 Å². The van der Waals surface area contributed by atoms with Crippen molar-refractivity contribution in [2.24, 2.45) is 11.8 Å². The van der Waals surface area contributed by atoms with Crippen LogP contribution in [-0.2, 0) is 4.79 Å². The average molecular weight is 310 g/mol. The lowest BCUT2D eigenvalue weighted by atomic mass is 9.88. The molecule has 21 heavy (non-hydrogen) atoms. The Morgan fingerprint density at radius 2 is 1.86 bits per heavy atom. The Labute approximate surface area is 129 Å². The molecular formula is C15H20ClN3O2. The lowest BCUT2D eigenvalue weighted by molar-refractivity contribution is -0.126. The second kappa shape index (κ2) is 7.43. The molecule has 1 aliphatic rings. The monoisotopic (exact) mass is 309 g/mol. The summed E-state index contributed by atoms with van der Waals surface area (Å²) in [6.45, 7) is 4.59. The van der Waals surface area contributed by atoms with E-state index >= 15 is 0 Å². The van der Waals surface area contributed by atoms with Gasteiger partial charge >= 0.3 is 0 Å². The van der Waals surface area contributed by atoms with Gasteiger partial charge in [0.05, 0.1) is 0 Å². The fourth-order valence-electron chi connectivity index (χ4n) is 2.10. The smallest absolute Gasteiger partial charge is 0.251 e. The highest BCUT2D eigenvalue weighted by Crippen LogP contribution is 2.15. The highest BCUT2D eigenvalue weighted by Gasteiger charge is 2.28. The van der Waals surface area contributed by atoms with Crippen LogP contribution in [0.15, 0.2) is 24.3 Å². The fraction of sp³-hybridized carbons (Fsp3) is 0.467. The van der Waals surface area contributed by atoms with Gasteiger partial charge in [0.2, 0.25) is 5.91 Å². The minimum atomic E-state index is -0.169. The summed E-state index contributed by atoms with van der Waals surface area (Å²) in [6, 6.07) is 6.68. The maximum Gasteiger partial charge on any atom is 0.251 e. The third kappa shape index (κ3) is 4.44. The summed E-state index contributed by atoms with van der Waals surface area (Å²) in [6.07, 6.45) is 0. The van der Waals surface area contributed by atoms with Gasteiger partial charge in [0, 0.05) is 29.6 Å². The molecule has 0 aliphatic carbocycles. The van der Waals surface area contributed by atoms with Crippen molar-refractivity contribution in [3.8, 4) is 0 Å². The topological polar surface area (TPSA) is 70.2 Å². The molecule has 0 radical (unpaired) electrons. The van der Waals surface area contributed by atoms with Crippen molar-refractivity contribution in [3.63, 3.8) is 0 Å². The third-order valence-electron chi connectivity index (χ3n) is 3.75. The predicted octanol–water partition coefficient (Wildman–Crippen LogP) is 1.04. The number of carbonyl (C=O) groups excluding carboxylic acids is 2. The molecule has 1 fully saturated rings. The molecule has 2 rings (SSSR count). The van der Waals surface area contributed by atoms with E-state index in [0.29, 0.717) is 29.6 Å². The summed E-state index contributed by atoms with van der Waals surface area (Å²) >= 11 is 5.77. The summed E-state index contributed by atoms with van der Waals surface area (Å²) in [5, 5.41) is 9.36. The summed E-state index contributed by atoms with van der Waals surface area (Å²) in [5.41, 5.74) is 0.555. The number of benzene rings is 1. The largest absolute Gasteiger partial charge is 0.354 e. The van der Waals surface area contributed by atoms with Crippen LogP contribution in [0.4, 0.5) is 0 Å². The quantitative estimate of drug-likeness (QED) is 0.688. The average Bonchev–Trinajstić information content (AvgIpc) is 2.42. The Bertz CT molecular complexity index is 500. The molecule has 6 heteroatoms. The maximum absolute atomic E-state index is 11.9. The molecule has 1 saturated heterocycles. The van der Waals surface area contributed by atoms with Crippen molar-refractivity contribution < 1.29 is 9.59 Å². The van der Waals surface area contributed by atoms with Crippen LogP contribution in [0.25, 0.3) is 0 Å². The first-order chi connectivity index (χ1) is 10.1. The second-order valence-electron chi connectivity index (χ2n) is 5.26. The number of nitrogens with one attached hydrogen (secondary N) is 3. The van der Waals surface area contributed by atoms with Crippen molar-refractivity contribution in [2.75, 3.05) is 26.2 Å². The van der Waals surface area contributed by atoms with Gasteiger partial charge in [-0.3, -0.25) is 9.59 Å². The van der Waals surface area contributed by atoms with Crippen molar-refractivity contribution in [1.29, 1.82) is 0 Å². The third-order valence-corrected chi connectivity index (χ3v) is 4.00. The van der Waals surface area contributed by atoms with Gasteiger partial charge in [0.25, 0.3) is 5.91 Å². The molecule has 1 unspecified atom stereocenters. The van der Waals surface area contributed by atoms with Crippen molar-refractivity contribution >= 4 is 23.4 Å². The van der Waals surface area contributed by atoms with E-state index in [9.17, 15) is 9.59 Å². The fourth-order valence-corrected chi connectivity index (χ4v) is 2.23. The first kappa shape index (κ1) is 15.8. The van der Waals surface area contributed by atoms with Gasteiger partial charge in [-0.15, -0.1) is 0 Å². The van der Waals surface area contributed by atoms with Gasteiger partial charge in [0.15, 0.2) is 0 Å². The number of amides is 2. The number of hydrogen-bond donors (Lipinski definition) is 3. The predicted molar refractivity (Wildman–Crippen MR) is 82.3 cm³/mol. The molecule has 0 bridgehead atoms. The molecule has 5 nitrogen and oxygen atoms in total. The lowest BCUT2D eigenvalue weighted by Gasteiger charge is -2.31. The van der Waals surface area contributed by atoms with Gasteiger partial charge in [-0.25, -0.2) is 0 Å². The molecule has 1 atom stereocenters. The lowest BCUT2D eigenvalue weighted by Crippen LogP contribution is -2.50. The van der Waals surface area contributed by atoms with Crippen LogP contribution in [0.1, 0.15) is 17.3 Å². The zero-order chi connectivity index (χ0) is 15.2. The first-order valence-electron chi connectivity index (χ1n) is 7.10. The van der Waals surface area contributed by atoms with Gasteiger partial charge in [0.1, 0.15) is 0 Å². The first-order valence-corrected chi connectivity index (χ1v) is 7.48. The summed E-state index contributed by atoms with van der Waals surface area (Å²) < 4.78 is 0. The molecule has 0 spiro atoms. The van der Waals surface area contributed by atoms with Crippen molar-refractivity contribution in [1.82, 2.24) is 16.0 Å².